The van der Waals surface area contributed by atoms with Gasteiger partial charge in [-0.2, -0.15) is 10.4 Å². The molecule has 0 fully saturated rings. The summed E-state index contributed by atoms with van der Waals surface area (Å²) in [7, 11) is 0. The number of hydrogen-bond donors (Lipinski definition) is 2. The van der Waals surface area contributed by atoms with Crippen LogP contribution in [0.25, 0.3) is 10.9 Å². The van der Waals surface area contributed by atoms with Crippen molar-refractivity contribution in [1.29, 1.82) is 5.26 Å². The lowest BCUT2D eigenvalue weighted by atomic mass is 10.2. The van der Waals surface area contributed by atoms with E-state index < -0.39 is 0 Å². The fraction of sp³-hybridized carbons (Fsp3) is 0.0714. The molecule has 5 nitrogen and oxygen atoms in total. The number of hydrogen-bond acceptors (Lipinski definition) is 4. The summed E-state index contributed by atoms with van der Waals surface area (Å²) >= 11 is 0. The highest BCUT2D eigenvalue weighted by molar-refractivity contribution is 5.80. The molecule has 0 amide bonds. The first-order chi connectivity index (χ1) is 9.28. The summed E-state index contributed by atoms with van der Waals surface area (Å²) in [5, 5.41) is 20.0. The van der Waals surface area contributed by atoms with Gasteiger partial charge in [-0.1, -0.05) is 18.2 Å². The van der Waals surface area contributed by atoms with E-state index in [1.807, 2.05) is 43.3 Å². The van der Waals surface area contributed by atoms with Gasteiger partial charge in [0.05, 0.1) is 11.2 Å². The summed E-state index contributed by atoms with van der Waals surface area (Å²) in [4.78, 5) is 4.48. The number of H-pyrrole nitrogens is 1. The molecule has 0 saturated carbocycles. The first kappa shape index (κ1) is 11.2. The lowest BCUT2D eigenvalue weighted by molar-refractivity contribution is 1.05. The number of nitrogens with one attached hydrogen (secondary N) is 2. The highest BCUT2D eigenvalue weighted by atomic mass is 15.2. The van der Waals surface area contributed by atoms with Crippen molar-refractivity contribution in [3.63, 3.8) is 0 Å². The molecule has 0 saturated heterocycles. The number of rotatable bonds is 2. The Labute approximate surface area is 109 Å². The van der Waals surface area contributed by atoms with E-state index in [1.165, 1.54) is 0 Å². The van der Waals surface area contributed by atoms with Crippen LogP contribution in [0.2, 0.25) is 0 Å². The molecule has 0 bridgehead atoms. The smallest absolute Gasteiger partial charge is 0.171 e. The Morgan fingerprint density at radius 2 is 2.05 bits per heavy atom. The molecule has 0 aliphatic rings. The Bertz CT molecular complexity index is 782. The molecule has 0 radical (unpaired) electrons. The zero-order chi connectivity index (χ0) is 13.2. The summed E-state index contributed by atoms with van der Waals surface area (Å²) in [6.07, 6.45) is 0. The number of aromatic nitrogens is 3. The maximum atomic E-state index is 9.07. The second kappa shape index (κ2) is 4.42. The van der Waals surface area contributed by atoms with Gasteiger partial charge >= 0.3 is 0 Å². The monoisotopic (exact) mass is 249 g/mol. The zero-order valence-electron chi connectivity index (χ0n) is 10.3. The Morgan fingerprint density at radius 1 is 1.21 bits per heavy atom. The number of nitrogens with zero attached hydrogens (tertiary/aromatic N) is 3. The average Bonchev–Trinajstić information content (AvgIpc) is 2.79. The van der Waals surface area contributed by atoms with Crippen LogP contribution in [0.4, 0.5) is 11.6 Å². The number of benzene rings is 1. The van der Waals surface area contributed by atoms with Crippen molar-refractivity contribution in [2.75, 3.05) is 5.32 Å². The van der Waals surface area contributed by atoms with E-state index in [-0.39, 0.29) is 0 Å². The van der Waals surface area contributed by atoms with E-state index in [4.69, 9.17) is 5.26 Å². The van der Waals surface area contributed by atoms with Gasteiger partial charge in [-0.15, -0.1) is 0 Å². The Hall–Kier alpha value is -2.87. The number of pyridine rings is 1. The Kier molecular flexibility index (Phi) is 2.62. The Morgan fingerprint density at radius 3 is 2.89 bits per heavy atom. The number of nitriles is 1. The van der Waals surface area contributed by atoms with Crippen LogP contribution in [0.5, 0.6) is 0 Å². The number of aromatic amines is 1. The summed E-state index contributed by atoms with van der Waals surface area (Å²) < 4.78 is 0. The zero-order valence-corrected chi connectivity index (χ0v) is 10.3. The lowest BCUT2D eigenvalue weighted by Gasteiger charge is -2.04. The number of para-hydroxylation sites is 1. The molecule has 3 aromatic rings. The Balaban J connectivity index is 1.99. The van der Waals surface area contributed by atoms with Gasteiger partial charge in [0.2, 0.25) is 0 Å². The fourth-order valence-electron chi connectivity index (χ4n) is 1.91. The maximum absolute atomic E-state index is 9.07. The molecule has 0 aliphatic heterocycles. The second-order valence-electron chi connectivity index (χ2n) is 4.20. The minimum atomic E-state index is 0.503. The lowest BCUT2D eigenvalue weighted by Crippen LogP contribution is -1.96. The van der Waals surface area contributed by atoms with Crippen LogP contribution in [0, 0.1) is 18.3 Å². The van der Waals surface area contributed by atoms with Crippen molar-refractivity contribution in [2.45, 2.75) is 6.92 Å². The van der Waals surface area contributed by atoms with Crippen LogP contribution in [-0.4, -0.2) is 15.2 Å². The van der Waals surface area contributed by atoms with Crippen LogP contribution >= 0.6 is 0 Å². The molecule has 0 spiro atoms. The average molecular weight is 249 g/mol. The molecular formula is C14H11N5. The topological polar surface area (TPSA) is 77.4 Å². The standard InChI is InChI=1S/C14H11N5/c1-9-11(8-15)14(19-18-9)17-13-7-6-10-4-2-3-5-12(10)16-13/h2-7H,1H3,(H2,16,17,18,19). The number of aryl methyl sites for hydroxylation is 1. The molecule has 0 aliphatic carbocycles. The molecule has 19 heavy (non-hydrogen) atoms. The SMILES string of the molecule is Cc1[nH]nc(Nc2ccc3ccccc3n2)c1C#N. The summed E-state index contributed by atoms with van der Waals surface area (Å²) in [6, 6.07) is 13.8. The summed E-state index contributed by atoms with van der Waals surface area (Å²) in [5.74, 6) is 1.17. The minimum absolute atomic E-state index is 0.503. The molecule has 2 heterocycles. The molecule has 1 aromatic carbocycles. The van der Waals surface area contributed by atoms with Crippen molar-refractivity contribution >= 4 is 22.5 Å². The third-order valence-electron chi connectivity index (χ3n) is 2.90. The van der Waals surface area contributed by atoms with Gasteiger partial charge in [-0.3, -0.25) is 5.10 Å². The highest BCUT2D eigenvalue weighted by Crippen LogP contribution is 2.21. The van der Waals surface area contributed by atoms with Gasteiger partial charge in [-0.25, -0.2) is 4.98 Å². The van der Waals surface area contributed by atoms with Crippen LogP contribution in [0.1, 0.15) is 11.3 Å². The van der Waals surface area contributed by atoms with E-state index in [0.717, 1.165) is 16.6 Å². The number of anilines is 2. The van der Waals surface area contributed by atoms with Crippen LogP contribution in [0.15, 0.2) is 36.4 Å². The summed E-state index contributed by atoms with van der Waals surface area (Å²) in [5.41, 5.74) is 2.15. The molecule has 0 atom stereocenters. The molecule has 2 N–H and O–H groups in total. The van der Waals surface area contributed by atoms with Crippen molar-refractivity contribution in [2.24, 2.45) is 0 Å². The molecule has 0 unspecified atom stereocenters. The molecule has 3 rings (SSSR count). The van der Waals surface area contributed by atoms with Crippen LogP contribution in [0.3, 0.4) is 0 Å². The fourth-order valence-corrected chi connectivity index (χ4v) is 1.91. The van der Waals surface area contributed by atoms with Gasteiger partial charge in [-0.05, 0) is 25.1 Å². The van der Waals surface area contributed by atoms with E-state index >= 15 is 0 Å². The van der Waals surface area contributed by atoms with Gasteiger partial charge in [0.25, 0.3) is 0 Å². The van der Waals surface area contributed by atoms with Crippen LogP contribution in [-0.2, 0) is 0 Å². The second-order valence-corrected chi connectivity index (χ2v) is 4.20. The van der Waals surface area contributed by atoms with E-state index in [0.29, 0.717) is 17.2 Å². The predicted molar refractivity (Wildman–Crippen MR) is 73.1 cm³/mol. The van der Waals surface area contributed by atoms with Gasteiger partial charge in [0.1, 0.15) is 17.5 Å². The molecule has 2 aromatic heterocycles. The molecular weight excluding hydrogens is 238 g/mol. The van der Waals surface area contributed by atoms with E-state index in [1.54, 1.807) is 0 Å². The maximum Gasteiger partial charge on any atom is 0.171 e. The largest absolute Gasteiger partial charge is 0.322 e. The quantitative estimate of drug-likeness (QED) is 0.732. The highest BCUT2D eigenvalue weighted by Gasteiger charge is 2.10. The van der Waals surface area contributed by atoms with Crippen molar-refractivity contribution in [3.05, 3.63) is 47.7 Å². The van der Waals surface area contributed by atoms with Gasteiger partial charge < -0.3 is 5.32 Å². The first-order valence-electron chi connectivity index (χ1n) is 5.86. The normalized spacial score (nSPS) is 10.3. The predicted octanol–water partition coefficient (Wildman–Crippen LogP) is 2.88. The minimum Gasteiger partial charge on any atom is -0.322 e. The van der Waals surface area contributed by atoms with Crippen LogP contribution < -0.4 is 5.32 Å². The van der Waals surface area contributed by atoms with Gasteiger partial charge in [0, 0.05) is 5.39 Å². The molecule has 92 valence electrons. The van der Waals surface area contributed by atoms with Crippen molar-refractivity contribution in [3.8, 4) is 6.07 Å². The third kappa shape index (κ3) is 2.00. The van der Waals surface area contributed by atoms with E-state index in [9.17, 15) is 0 Å². The first-order valence-corrected chi connectivity index (χ1v) is 5.86. The number of fused-ring (bicyclic) bond motifs is 1. The summed E-state index contributed by atoms with van der Waals surface area (Å²) in [6.45, 7) is 1.81. The third-order valence-corrected chi connectivity index (χ3v) is 2.90. The van der Waals surface area contributed by atoms with Gasteiger partial charge in [0.15, 0.2) is 5.82 Å². The van der Waals surface area contributed by atoms with Crippen molar-refractivity contribution < 1.29 is 0 Å². The van der Waals surface area contributed by atoms with Crippen molar-refractivity contribution in [1.82, 2.24) is 15.2 Å². The molecule has 5 heteroatoms. The van der Waals surface area contributed by atoms with E-state index in [2.05, 4.69) is 26.6 Å².